The van der Waals surface area contributed by atoms with Gasteiger partial charge in [-0.1, -0.05) is 48.5 Å². The lowest BCUT2D eigenvalue weighted by atomic mass is 9.98. The van der Waals surface area contributed by atoms with Crippen LogP contribution in [0.1, 0.15) is 23.5 Å². The highest BCUT2D eigenvalue weighted by atomic mass is 19.3. The molecular weight excluding hydrogens is 344 g/mol. The van der Waals surface area contributed by atoms with Gasteiger partial charge >= 0.3 is 12.1 Å². The summed E-state index contributed by atoms with van der Waals surface area (Å²) in [5.74, 6) is -1.72. The molecule has 0 bridgehead atoms. The highest BCUT2D eigenvalue weighted by molar-refractivity contribution is 5.81. The van der Waals surface area contributed by atoms with E-state index in [0.717, 1.165) is 22.3 Å². The summed E-state index contributed by atoms with van der Waals surface area (Å²) in [6.07, 6.45) is -4.84. The Morgan fingerprint density at radius 1 is 1.04 bits per heavy atom. The summed E-state index contributed by atoms with van der Waals surface area (Å²) in [7, 11) is 0. The third-order valence-electron chi connectivity index (χ3n) is 4.35. The van der Waals surface area contributed by atoms with Crippen molar-refractivity contribution in [2.24, 2.45) is 0 Å². The van der Waals surface area contributed by atoms with Crippen LogP contribution in [0.25, 0.3) is 11.1 Å². The first-order valence-electron chi connectivity index (χ1n) is 8.10. The van der Waals surface area contributed by atoms with Gasteiger partial charge in [-0.3, -0.25) is 0 Å². The van der Waals surface area contributed by atoms with E-state index >= 15 is 0 Å². The van der Waals surface area contributed by atoms with Gasteiger partial charge in [0.15, 0.2) is 0 Å². The molecule has 1 atom stereocenters. The smallest absolute Gasteiger partial charge is 0.407 e. The molecule has 0 fully saturated rings. The van der Waals surface area contributed by atoms with Gasteiger partial charge < -0.3 is 15.2 Å². The molecule has 3 rings (SSSR count). The molecule has 5 nitrogen and oxygen atoms in total. The SMILES string of the molecule is O=C(NC(CC(F)F)C(=O)O)OCC1c2ccccc2-c2ccccc21. The summed E-state index contributed by atoms with van der Waals surface area (Å²) in [6, 6.07) is 13.8. The lowest BCUT2D eigenvalue weighted by molar-refractivity contribution is -0.140. The zero-order valence-corrected chi connectivity index (χ0v) is 13.7. The van der Waals surface area contributed by atoms with E-state index in [-0.39, 0.29) is 12.5 Å². The highest BCUT2D eigenvalue weighted by Gasteiger charge is 2.30. The summed E-state index contributed by atoms with van der Waals surface area (Å²) in [5.41, 5.74) is 4.11. The van der Waals surface area contributed by atoms with Crippen LogP contribution in [0.4, 0.5) is 13.6 Å². The standard InChI is InChI=1S/C19H17F2NO4/c20-17(21)9-16(18(23)24)22-19(25)26-10-15-13-7-3-1-5-11(13)12-6-2-4-8-14(12)15/h1-8,15-17H,9-10H2,(H,22,25)(H,23,24). The van der Waals surface area contributed by atoms with Crippen molar-refractivity contribution in [3.8, 4) is 11.1 Å². The van der Waals surface area contributed by atoms with E-state index in [1.165, 1.54) is 0 Å². The fourth-order valence-corrected chi connectivity index (χ4v) is 3.18. The molecule has 0 saturated heterocycles. The van der Waals surface area contributed by atoms with E-state index < -0.39 is 31.0 Å². The van der Waals surface area contributed by atoms with Gasteiger partial charge in [-0.2, -0.15) is 0 Å². The van der Waals surface area contributed by atoms with E-state index in [4.69, 9.17) is 9.84 Å². The molecular formula is C19H17F2NO4. The topological polar surface area (TPSA) is 75.6 Å². The average molecular weight is 361 g/mol. The van der Waals surface area contributed by atoms with Crippen molar-refractivity contribution in [1.82, 2.24) is 5.32 Å². The van der Waals surface area contributed by atoms with Gasteiger partial charge in [-0.05, 0) is 22.3 Å². The van der Waals surface area contributed by atoms with Gasteiger partial charge in [0.1, 0.15) is 12.6 Å². The van der Waals surface area contributed by atoms with Crippen molar-refractivity contribution < 1.29 is 28.2 Å². The van der Waals surface area contributed by atoms with Gasteiger partial charge in [0.2, 0.25) is 6.43 Å². The minimum Gasteiger partial charge on any atom is -0.480 e. The third kappa shape index (κ3) is 3.66. The summed E-state index contributed by atoms with van der Waals surface area (Å²) in [4.78, 5) is 22.8. The fourth-order valence-electron chi connectivity index (χ4n) is 3.18. The number of hydrogen-bond donors (Lipinski definition) is 2. The number of fused-ring (bicyclic) bond motifs is 3. The van der Waals surface area contributed by atoms with Gasteiger partial charge in [-0.15, -0.1) is 0 Å². The first-order valence-corrected chi connectivity index (χ1v) is 8.10. The predicted octanol–water partition coefficient (Wildman–Crippen LogP) is 3.63. The van der Waals surface area contributed by atoms with Crippen LogP contribution < -0.4 is 5.32 Å². The molecule has 0 saturated carbocycles. The number of alkyl carbamates (subject to hydrolysis) is 1. The number of carboxylic acid groups (broad SMARTS) is 1. The Labute approximate surface area is 148 Å². The second kappa shape index (κ2) is 7.51. The van der Waals surface area contributed by atoms with E-state index in [9.17, 15) is 18.4 Å². The molecule has 0 heterocycles. The summed E-state index contributed by atoms with van der Waals surface area (Å²) in [6.45, 7) is -0.0130. The van der Waals surface area contributed by atoms with Gasteiger partial charge in [0.25, 0.3) is 0 Å². The van der Waals surface area contributed by atoms with Crippen molar-refractivity contribution in [2.75, 3.05) is 6.61 Å². The summed E-state index contributed by atoms with van der Waals surface area (Å²) >= 11 is 0. The predicted molar refractivity (Wildman–Crippen MR) is 90.2 cm³/mol. The van der Waals surface area contributed by atoms with Crippen LogP contribution in [-0.4, -0.2) is 36.2 Å². The summed E-state index contributed by atoms with van der Waals surface area (Å²) < 4.78 is 29.9. The van der Waals surface area contributed by atoms with Crippen LogP contribution in [0.2, 0.25) is 0 Å². The van der Waals surface area contributed by atoms with Crippen LogP contribution in [0.3, 0.4) is 0 Å². The summed E-state index contributed by atoms with van der Waals surface area (Å²) in [5, 5.41) is 10.9. The number of nitrogens with one attached hydrogen (secondary N) is 1. The number of aliphatic carboxylic acids is 1. The lowest BCUT2D eigenvalue weighted by Gasteiger charge is -2.17. The minimum absolute atomic E-state index is 0.0130. The number of carboxylic acids is 1. The van der Waals surface area contributed by atoms with Crippen molar-refractivity contribution in [1.29, 1.82) is 0 Å². The molecule has 1 aliphatic rings. The van der Waals surface area contributed by atoms with Gasteiger partial charge in [-0.25, -0.2) is 18.4 Å². The van der Waals surface area contributed by atoms with E-state index in [1.807, 2.05) is 53.8 Å². The number of halogens is 2. The number of carbonyl (C=O) groups excluding carboxylic acids is 1. The average Bonchev–Trinajstić information content (AvgIpc) is 2.93. The molecule has 136 valence electrons. The molecule has 26 heavy (non-hydrogen) atoms. The van der Waals surface area contributed by atoms with Crippen LogP contribution >= 0.6 is 0 Å². The Hall–Kier alpha value is -2.96. The van der Waals surface area contributed by atoms with Crippen LogP contribution in [0, 0.1) is 0 Å². The van der Waals surface area contributed by atoms with Crippen molar-refractivity contribution in [2.45, 2.75) is 24.8 Å². The minimum atomic E-state index is -2.84. The van der Waals surface area contributed by atoms with Gasteiger partial charge in [0.05, 0.1) is 0 Å². The van der Waals surface area contributed by atoms with Crippen LogP contribution in [0.15, 0.2) is 48.5 Å². The molecule has 7 heteroatoms. The van der Waals surface area contributed by atoms with Crippen molar-refractivity contribution >= 4 is 12.1 Å². The number of amides is 1. The molecule has 0 radical (unpaired) electrons. The number of hydrogen-bond acceptors (Lipinski definition) is 3. The largest absolute Gasteiger partial charge is 0.480 e. The van der Waals surface area contributed by atoms with Crippen molar-refractivity contribution in [3.63, 3.8) is 0 Å². The van der Waals surface area contributed by atoms with E-state index in [2.05, 4.69) is 0 Å². The molecule has 2 aromatic rings. The van der Waals surface area contributed by atoms with Crippen LogP contribution in [-0.2, 0) is 9.53 Å². The maximum atomic E-state index is 12.4. The lowest BCUT2D eigenvalue weighted by Crippen LogP contribution is -2.42. The van der Waals surface area contributed by atoms with E-state index in [0.29, 0.717) is 0 Å². The zero-order valence-electron chi connectivity index (χ0n) is 13.7. The molecule has 1 amide bonds. The maximum Gasteiger partial charge on any atom is 0.407 e. The second-order valence-electron chi connectivity index (χ2n) is 5.99. The Kier molecular flexibility index (Phi) is 5.16. The van der Waals surface area contributed by atoms with E-state index in [1.54, 1.807) is 0 Å². The second-order valence-corrected chi connectivity index (χ2v) is 5.99. The molecule has 0 aliphatic heterocycles. The molecule has 0 spiro atoms. The number of carbonyl (C=O) groups is 2. The fraction of sp³-hybridized carbons (Fsp3) is 0.263. The van der Waals surface area contributed by atoms with Gasteiger partial charge in [0, 0.05) is 12.3 Å². The third-order valence-corrected chi connectivity index (χ3v) is 4.35. The number of rotatable bonds is 6. The number of ether oxygens (including phenoxy) is 1. The normalized spacial score (nSPS) is 13.8. The highest BCUT2D eigenvalue weighted by Crippen LogP contribution is 2.44. The zero-order chi connectivity index (χ0) is 18.7. The Bertz CT molecular complexity index is 779. The molecule has 1 aliphatic carbocycles. The first kappa shape index (κ1) is 17.8. The monoisotopic (exact) mass is 361 g/mol. The molecule has 2 aromatic carbocycles. The molecule has 1 unspecified atom stereocenters. The quantitative estimate of drug-likeness (QED) is 0.824. The van der Waals surface area contributed by atoms with Crippen molar-refractivity contribution in [3.05, 3.63) is 59.7 Å². The Balaban J connectivity index is 1.70. The first-order chi connectivity index (χ1) is 12.5. The number of alkyl halides is 2. The Morgan fingerprint density at radius 3 is 2.08 bits per heavy atom. The maximum absolute atomic E-state index is 12.4. The molecule has 0 aromatic heterocycles. The Morgan fingerprint density at radius 2 is 1.58 bits per heavy atom. The van der Waals surface area contributed by atoms with Crippen LogP contribution in [0.5, 0.6) is 0 Å². The molecule has 2 N–H and O–H groups in total. The number of benzene rings is 2.